The number of halogens is 1. The number of nitrogens with zero attached hydrogens (tertiary/aromatic N) is 3. The maximum Gasteiger partial charge on any atom is 0.256 e. The van der Waals surface area contributed by atoms with E-state index in [1.807, 2.05) is 6.20 Å². The van der Waals surface area contributed by atoms with Gasteiger partial charge in [0.15, 0.2) is 5.78 Å². The number of hydrogen-bond acceptors (Lipinski definition) is 9. The molecule has 10 nitrogen and oxygen atoms in total. The molecule has 8 rings (SSSR count). The van der Waals surface area contributed by atoms with E-state index in [-0.39, 0.29) is 53.7 Å². The number of carbonyl (C=O) groups excluding carboxylic acids is 3. The number of morpholine rings is 2. The topological polar surface area (TPSA) is 103 Å². The van der Waals surface area contributed by atoms with Crippen molar-refractivity contribution in [2.75, 3.05) is 65.6 Å². The first-order valence-electron chi connectivity index (χ1n) is 18.4. The van der Waals surface area contributed by atoms with Crippen molar-refractivity contribution in [1.29, 1.82) is 0 Å². The summed E-state index contributed by atoms with van der Waals surface area (Å²) in [5, 5.41) is 6.53. The fourth-order valence-electron chi connectivity index (χ4n) is 10.8. The van der Waals surface area contributed by atoms with Crippen LogP contribution in [-0.4, -0.2) is 134 Å². The van der Waals surface area contributed by atoms with Crippen molar-refractivity contribution in [2.24, 2.45) is 29.6 Å². The van der Waals surface area contributed by atoms with E-state index in [1.165, 1.54) is 19.3 Å². The summed E-state index contributed by atoms with van der Waals surface area (Å²) >= 11 is 0. The Morgan fingerprint density at radius 2 is 1.63 bits per heavy atom. The zero-order chi connectivity index (χ0) is 31.4. The molecule has 11 heteroatoms. The zero-order valence-corrected chi connectivity index (χ0v) is 27.1. The van der Waals surface area contributed by atoms with Gasteiger partial charge in [0, 0.05) is 63.2 Å². The van der Waals surface area contributed by atoms with E-state index in [9.17, 15) is 14.4 Å². The van der Waals surface area contributed by atoms with Gasteiger partial charge in [-0.3, -0.25) is 19.3 Å². The van der Waals surface area contributed by atoms with E-state index in [1.54, 1.807) is 0 Å². The normalized spacial score (nSPS) is 42.6. The van der Waals surface area contributed by atoms with Gasteiger partial charge in [-0.05, 0) is 69.9 Å². The smallest absolute Gasteiger partial charge is 0.256 e. The molecule has 0 radical (unpaired) electrons. The number of alkyl halides is 1. The molecule has 8 aliphatic rings. The van der Waals surface area contributed by atoms with Gasteiger partial charge in [0.2, 0.25) is 0 Å². The Morgan fingerprint density at radius 1 is 0.870 bits per heavy atom. The average Bonchev–Trinajstić information content (AvgIpc) is 3.69. The second kappa shape index (κ2) is 13.2. The molecule has 0 aromatic rings. The molecule has 7 fully saturated rings. The maximum atomic E-state index is 16.2. The van der Waals surface area contributed by atoms with Crippen LogP contribution in [0.2, 0.25) is 0 Å². The third-order valence-corrected chi connectivity index (χ3v) is 13.0. The Balaban J connectivity index is 1.05. The van der Waals surface area contributed by atoms with Crippen molar-refractivity contribution >= 4 is 17.5 Å². The highest BCUT2D eigenvalue weighted by atomic mass is 19.1. The summed E-state index contributed by atoms with van der Waals surface area (Å²) in [7, 11) is 0. The highest BCUT2D eigenvalue weighted by Gasteiger charge is 2.62. The third kappa shape index (κ3) is 5.65. The average molecular weight is 642 g/mol. The lowest BCUT2D eigenvalue weighted by atomic mass is 9.66. The van der Waals surface area contributed by atoms with Gasteiger partial charge in [0.05, 0.1) is 49.1 Å². The molecular weight excluding hydrogens is 589 g/mol. The van der Waals surface area contributed by atoms with Gasteiger partial charge in [0.25, 0.3) is 5.91 Å². The van der Waals surface area contributed by atoms with Crippen molar-refractivity contribution in [1.82, 2.24) is 25.3 Å². The van der Waals surface area contributed by atoms with Crippen molar-refractivity contribution < 1.29 is 28.2 Å². The molecule has 0 bridgehead atoms. The molecule has 254 valence electrons. The van der Waals surface area contributed by atoms with Gasteiger partial charge >= 0.3 is 0 Å². The van der Waals surface area contributed by atoms with Gasteiger partial charge in [0.1, 0.15) is 12.0 Å². The molecule has 4 aliphatic carbocycles. The lowest BCUT2D eigenvalue weighted by molar-refractivity contribution is -0.206. The van der Waals surface area contributed by atoms with Crippen molar-refractivity contribution in [3.05, 3.63) is 11.8 Å². The molecule has 11 unspecified atom stereocenters. The van der Waals surface area contributed by atoms with Crippen LogP contribution < -0.4 is 10.6 Å². The maximum absolute atomic E-state index is 16.2. The van der Waals surface area contributed by atoms with Crippen LogP contribution in [0.1, 0.15) is 57.8 Å². The number of amides is 1. The zero-order valence-electron chi connectivity index (χ0n) is 27.1. The fourth-order valence-corrected chi connectivity index (χ4v) is 10.8. The standard InChI is InChI=1S/C35H52FN5O5/c36-27-17-25-31-34(30(27)37-7-11-39-9-3-4-10-39)46-29-19-24-23(21-5-1-2-6-22(21)32(24)42)18-28(29)41(31)20-26(33(25)43)35(44)38-8-12-40-13-15-45-16-14-40/h20-25,27-31,34,37H,1-19H2,(H,38,44). The molecule has 4 aliphatic heterocycles. The number of ether oxygens (including phenoxy) is 2. The van der Waals surface area contributed by atoms with Crippen LogP contribution in [0.3, 0.4) is 0 Å². The van der Waals surface area contributed by atoms with Crippen LogP contribution in [0.5, 0.6) is 0 Å². The second-order valence-corrected chi connectivity index (χ2v) is 15.3. The summed E-state index contributed by atoms with van der Waals surface area (Å²) in [4.78, 5) is 48.2. The molecular formula is C35H52FN5O5. The van der Waals surface area contributed by atoms with Gasteiger partial charge < -0.3 is 29.9 Å². The van der Waals surface area contributed by atoms with Gasteiger partial charge in [-0.25, -0.2) is 4.39 Å². The predicted molar refractivity (Wildman–Crippen MR) is 169 cm³/mol. The first-order chi connectivity index (χ1) is 22.5. The first kappa shape index (κ1) is 31.4. The Bertz CT molecular complexity index is 1210. The number of likely N-dealkylation sites (tertiary alicyclic amines) is 1. The number of hydrogen-bond donors (Lipinski definition) is 2. The SMILES string of the molecule is O=C(NCCN1CCOCC1)C1=CN2C3CC4C(CC3OC3C(NCCN5CCCC5)C(F)CC(C1=O)C32)C(=O)C1CCCCC14. The third-order valence-electron chi connectivity index (χ3n) is 13.0. The minimum absolute atomic E-state index is 0.00592. The molecule has 4 heterocycles. The summed E-state index contributed by atoms with van der Waals surface area (Å²) in [6.07, 6.45) is 8.24. The van der Waals surface area contributed by atoms with Crippen molar-refractivity contribution in [3.8, 4) is 0 Å². The molecule has 3 saturated heterocycles. The Hall–Kier alpha value is -1.92. The van der Waals surface area contributed by atoms with E-state index < -0.39 is 24.2 Å². The number of carbonyl (C=O) groups is 3. The fraction of sp³-hybridized carbons (Fsp3) is 0.857. The molecule has 0 aromatic carbocycles. The Morgan fingerprint density at radius 3 is 2.46 bits per heavy atom. The number of rotatable bonds is 8. The summed E-state index contributed by atoms with van der Waals surface area (Å²) in [6, 6.07) is -0.869. The predicted octanol–water partition coefficient (Wildman–Crippen LogP) is 1.54. The lowest BCUT2D eigenvalue weighted by Crippen LogP contribution is -2.73. The quantitative estimate of drug-likeness (QED) is 0.382. The van der Waals surface area contributed by atoms with E-state index in [0.717, 1.165) is 58.4 Å². The Kier molecular flexibility index (Phi) is 8.98. The highest BCUT2D eigenvalue weighted by molar-refractivity contribution is 6.20. The van der Waals surface area contributed by atoms with E-state index >= 15 is 4.39 Å². The number of fused-ring (bicyclic) bond motifs is 5. The van der Waals surface area contributed by atoms with E-state index in [2.05, 4.69) is 25.3 Å². The van der Waals surface area contributed by atoms with Crippen LogP contribution in [0.4, 0.5) is 4.39 Å². The van der Waals surface area contributed by atoms with Crippen LogP contribution in [0, 0.1) is 29.6 Å². The van der Waals surface area contributed by atoms with E-state index in [0.29, 0.717) is 56.9 Å². The molecule has 0 aromatic heterocycles. The van der Waals surface area contributed by atoms with Gasteiger partial charge in [-0.2, -0.15) is 0 Å². The van der Waals surface area contributed by atoms with Gasteiger partial charge in [-0.15, -0.1) is 0 Å². The number of nitrogens with one attached hydrogen (secondary N) is 2. The molecule has 4 saturated carbocycles. The first-order valence-corrected chi connectivity index (χ1v) is 18.4. The minimum atomic E-state index is -1.26. The van der Waals surface area contributed by atoms with Crippen LogP contribution in [0.25, 0.3) is 0 Å². The summed E-state index contributed by atoms with van der Waals surface area (Å²) in [6.45, 7) is 7.89. The Labute approximate surface area is 272 Å². The van der Waals surface area contributed by atoms with E-state index in [4.69, 9.17) is 9.47 Å². The summed E-state index contributed by atoms with van der Waals surface area (Å²) in [5.41, 5.74) is 0.149. The summed E-state index contributed by atoms with van der Waals surface area (Å²) < 4.78 is 28.6. The monoisotopic (exact) mass is 641 g/mol. The molecule has 2 N–H and O–H groups in total. The summed E-state index contributed by atoms with van der Waals surface area (Å²) in [5.74, 6) is 0.0950. The molecule has 0 spiro atoms. The molecule has 46 heavy (non-hydrogen) atoms. The highest BCUT2D eigenvalue weighted by Crippen LogP contribution is 2.55. The van der Waals surface area contributed by atoms with Crippen molar-refractivity contribution in [2.45, 2.75) is 94.3 Å². The minimum Gasteiger partial charge on any atom is -0.379 e. The number of ketones is 2. The molecule has 11 atom stereocenters. The van der Waals surface area contributed by atoms with Crippen molar-refractivity contribution in [3.63, 3.8) is 0 Å². The van der Waals surface area contributed by atoms with Gasteiger partial charge in [-0.1, -0.05) is 12.8 Å². The largest absolute Gasteiger partial charge is 0.379 e. The number of Topliss-reactive ketones (excluding diaryl/α,β-unsaturated/α-hetero) is 2. The second-order valence-electron chi connectivity index (χ2n) is 15.3. The van der Waals surface area contributed by atoms with Crippen LogP contribution >= 0.6 is 0 Å². The lowest BCUT2D eigenvalue weighted by Gasteiger charge is -2.60. The molecule has 1 amide bonds. The van der Waals surface area contributed by atoms with Crippen LogP contribution in [0.15, 0.2) is 11.8 Å². The van der Waals surface area contributed by atoms with Crippen LogP contribution in [-0.2, 0) is 23.9 Å².